The molecule has 5 nitrogen and oxygen atoms in total. The number of aryl methyl sites for hydroxylation is 1. The van der Waals surface area contributed by atoms with E-state index < -0.39 is 0 Å². The molecule has 2 atom stereocenters. The van der Waals surface area contributed by atoms with Crippen molar-refractivity contribution in [1.29, 1.82) is 0 Å². The highest BCUT2D eigenvalue weighted by Crippen LogP contribution is 2.47. The number of carbonyl (C=O) groups excluding carboxylic acids is 3. The summed E-state index contributed by atoms with van der Waals surface area (Å²) in [4.78, 5) is 38.7. The Morgan fingerprint density at radius 1 is 1.14 bits per heavy atom. The first-order valence-electron chi connectivity index (χ1n) is 9.67. The molecule has 2 unspecified atom stereocenters. The highest BCUT2D eigenvalue weighted by atomic mass is 32.2. The van der Waals surface area contributed by atoms with Crippen LogP contribution < -0.4 is 5.32 Å². The number of rotatable bonds is 6. The lowest BCUT2D eigenvalue weighted by molar-refractivity contribution is -0.124. The quantitative estimate of drug-likeness (QED) is 0.738. The molecule has 1 N–H and O–H groups in total. The van der Waals surface area contributed by atoms with E-state index in [1.54, 1.807) is 6.08 Å². The number of nitrogens with one attached hydrogen (secondary N) is 1. The molecule has 1 saturated carbocycles. The third-order valence-electron chi connectivity index (χ3n) is 5.24. The van der Waals surface area contributed by atoms with Gasteiger partial charge in [-0.05, 0) is 48.2 Å². The second-order valence-electron chi connectivity index (χ2n) is 7.39. The number of hydrogen-bond acceptors (Lipinski definition) is 4. The summed E-state index contributed by atoms with van der Waals surface area (Å²) in [5.41, 5.74) is 3.20. The molecule has 0 aromatic heterocycles. The van der Waals surface area contributed by atoms with E-state index in [4.69, 9.17) is 0 Å². The van der Waals surface area contributed by atoms with Crippen molar-refractivity contribution in [3.63, 3.8) is 0 Å². The van der Waals surface area contributed by atoms with Crippen molar-refractivity contribution in [2.24, 2.45) is 5.92 Å². The van der Waals surface area contributed by atoms with E-state index in [-0.39, 0.29) is 42.0 Å². The van der Waals surface area contributed by atoms with Crippen molar-refractivity contribution in [3.8, 4) is 0 Å². The molecule has 4 rings (SSSR count). The van der Waals surface area contributed by atoms with E-state index in [9.17, 15) is 14.4 Å². The van der Waals surface area contributed by atoms with Crippen molar-refractivity contribution in [3.05, 3.63) is 76.2 Å². The van der Waals surface area contributed by atoms with Crippen LogP contribution >= 0.6 is 11.8 Å². The van der Waals surface area contributed by atoms with Gasteiger partial charge in [-0.25, -0.2) is 0 Å². The van der Waals surface area contributed by atoms with Gasteiger partial charge in [-0.15, -0.1) is 0 Å². The van der Waals surface area contributed by atoms with Crippen LogP contribution in [0.15, 0.2) is 59.5 Å². The summed E-state index contributed by atoms with van der Waals surface area (Å²) in [5.74, 6) is -0.0657. The smallest absolute Gasteiger partial charge is 0.293 e. The van der Waals surface area contributed by atoms with Gasteiger partial charge in [0.1, 0.15) is 0 Å². The zero-order valence-corrected chi connectivity index (χ0v) is 16.9. The molecule has 0 bridgehead atoms. The van der Waals surface area contributed by atoms with Crippen molar-refractivity contribution in [1.82, 2.24) is 10.2 Å². The van der Waals surface area contributed by atoms with Gasteiger partial charge in [0.2, 0.25) is 5.91 Å². The molecule has 1 saturated heterocycles. The van der Waals surface area contributed by atoms with Crippen molar-refractivity contribution in [2.45, 2.75) is 19.3 Å². The lowest BCUT2D eigenvalue weighted by atomic mass is 10.1. The molecule has 148 valence electrons. The summed E-state index contributed by atoms with van der Waals surface area (Å²) in [6.07, 6.45) is 2.58. The standard InChI is InChI=1S/C23H22N2O3S/c1-15-7-9-16(10-8-15)13-20-22(27)25(23(28)29-20)12-11-24-21(26)19-14-18(19)17-5-3-2-4-6-17/h2-10,13,18-19H,11-12,14H2,1H3,(H,24,26). The maximum Gasteiger partial charge on any atom is 0.293 e. The monoisotopic (exact) mass is 406 g/mol. The minimum atomic E-state index is -0.302. The molecule has 29 heavy (non-hydrogen) atoms. The van der Waals surface area contributed by atoms with Gasteiger partial charge in [-0.2, -0.15) is 0 Å². The minimum Gasteiger partial charge on any atom is -0.354 e. The van der Waals surface area contributed by atoms with Gasteiger partial charge in [0.15, 0.2) is 0 Å². The number of hydrogen-bond donors (Lipinski definition) is 1. The maximum absolute atomic E-state index is 12.5. The second-order valence-corrected chi connectivity index (χ2v) is 8.39. The highest BCUT2D eigenvalue weighted by molar-refractivity contribution is 8.18. The van der Waals surface area contributed by atoms with Crippen molar-refractivity contribution >= 4 is 34.9 Å². The Bertz CT molecular complexity index is 969. The third-order valence-corrected chi connectivity index (χ3v) is 6.15. The molecular formula is C23H22N2O3S. The molecule has 1 heterocycles. The van der Waals surface area contributed by atoms with E-state index >= 15 is 0 Å². The number of thioether (sulfide) groups is 1. The SMILES string of the molecule is Cc1ccc(C=C2SC(=O)N(CCNC(=O)C3CC3c3ccccc3)C2=O)cc1. The topological polar surface area (TPSA) is 66.5 Å². The summed E-state index contributed by atoms with van der Waals surface area (Å²) in [6.45, 7) is 2.45. The Labute approximate surface area is 174 Å². The largest absolute Gasteiger partial charge is 0.354 e. The van der Waals surface area contributed by atoms with Crippen LogP contribution in [0.25, 0.3) is 6.08 Å². The van der Waals surface area contributed by atoms with Crippen LogP contribution in [0.3, 0.4) is 0 Å². The fraction of sp³-hybridized carbons (Fsp3) is 0.261. The first kappa shape index (κ1) is 19.5. The first-order valence-corrected chi connectivity index (χ1v) is 10.5. The molecule has 0 radical (unpaired) electrons. The van der Waals surface area contributed by atoms with Gasteiger partial charge >= 0.3 is 0 Å². The number of carbonyl (C=O) groups is 3. The Balaban J connectivity index is 1.29. The number of benzene rings is 2. The Morgan fingerprint density at radius 2 is 1.86 bits per heavy atom. The molecule has 2 aliphatic rings. The van der Waals surface area contributed by atoms with Crippen LogP contribution in [0.5, 0.6) is 0 Å². The first-order chi connectivity index (χ1) is 14.0. The third kappa shape index (κ3) is 4.43. The van der Waals surface area contributed by atoms with Crippen LogP contribution in [0.1, 0.15) is 29.0 Å². The molecular weight excluding hydrogens is 384 g/mol. The summed E-state index contributed by atoms with van der Waals surface area (Å²) >= 11 is 0.942. The molecule has 0 spiro atoms. The maximum atomic E-state index is 12.5. The van der Waals surface area contributed by atoms with E-state index in [0.717, 1.165) is 29.3 Å². The number of nitrogens with zero attached hydrogens (tertiary/aromatic N) is 1. The number of amides is 3. The van der Waals surface area contributed by atoms with Gasteiger partial charge < -0.3 is 5.32 Å². The van der Waals surface area contributed by atoms with Gasteiger partial charge in [0.05, 0.1) is 4.91 Å². The Kier molecular flexibility index (Phi) is 5.53. The molecule has 2 fully saturated rings. The van der Waals surface area contributed by atoms with Gasteiger partial charge in [-0.3, -0.25) is 19.3 Å². The van der Waals surface area contributed by atoms with Crippen molar-refractivity contribution in [2.75, 3.05) is 13.1 Å². The summed E-state index contributed by atoms with van der Waals surface area (Å²) in [6, 6.07) is 17.8. The van der Waals surface area contributed by atoms with Gasteiger partial charge in [-0.1, -0.05) is 60.2 Å². The normalized spacial score (nSPS) is 22.2. The van der Waals surface area contributed by atoms with E-state index in [1.807, 2.05) is 61.5 Å². The zero-order valence-electron chi connectivity index (χ0n) is 16.1. The van der Waals surface area contributed by atoms with E-state index in [1.165, 1.54) is 10.5 Å². The van der Waals surface area contributed by atoms with Gasteiger partial charge in [0.25, 0.3) is 11.1 Å². The molecule has 1 aliphatic carbocycles. The van der Waals surface area contributed by atoms with E-state index in [2.05, 4.69) is 5.32 Å². The highest BCUT2D eigenvalue weighted by Gasteiger charge is 2.43. The fourth-order valence-electron chi connectivity index (χ4n) is 3.48. The minimum absolute atomic E-state index is 0.0129. The fourth-order valence-corrected chi connectivity index (χ4v) is 4.35. The molecule has 2 aromatic rings. The Morgan fingerprint density at radius 3 is 2.59 bits per heavy atom. The summed E-state index contributed by atoms with van der Waals surface area (Å²) in [7, 11) is 0. The average Bonchev–Trinajstić information content (AvgIpc) is 3.48. The van der Waals surface area contributed by atoms with Crippen LogP contribution in [0, 0.1) is 12.8 Å². The number of imide groups is 1. The lowest BCUT2D eigenvalue weighted by Gasteiger charge is -2.13. The Hall–Kier alpha value is -2.86. The van der Waals surface area contributed by atoms with Crippen molar-refractivity contribution < 1.29 is 14.4 Å². The van der Waals surface area contributed by atoms with Crippen LogP contribution in [0.4, 0.5) is 4.79 Å². The summed E-state index contributed by atoms with van der Waals surface area (Å²) in [5, 5.41) is 2.57. The summed E-state index contributed by atoms with van der Waals surface area (Å²) < 4.78 is 0. The lowest BCUT2D eigenvalue weighted by Crippen LogP contribution is -2.37. The van der Waals surface area contributed by atoms with Crippen LogP contribution in [0.2, 0.25) is 0 Å². The second kappa shape index (κ2) is 8.25. The average molecular weight is 407 g/mol. The molecule has 3 amide bonds. The predicted octanol–water partition coefficient (Wildman–Crippen LogP) is 3.95. The molecule has 1 aliphatic heterocycles. The van der Waals surface area contributed by atoms with Gasteiger partial charge in [0, 0.05) is 19.0 Å². The molecule has 2 aromatic carbocycles. The zero-order chi connectivity index (χ0) is 20.4. The van der Waals surface area contributed by atoms with Crippen LogP contribution in [-0.4, -0.2) is 35.0 Å². The van der Waals surface area contributed by atoms with E-state index in [0.29, 0.717) is 4.91 Å². The predicted molar refractivity (Wildman–Crippen MR) is 114 cm³/mol. The molecule has 6 heteroatoms. The van der Waals surface area contributed by atoms with Crippen LogP contribution in [-0.2, 0) is 9.59 Å².